The molecule has 0 saturated heterocycles. The van der Waals surface area contributed by atoms with Gasteiger partial charge in [-0.2, -0.15) is 0 Å². The topological polar surface area (TPSA) is 102 Å². The van der Waals surface area contributed by atoms with Crippen molar-refractivity contribution in [2.45, 2.75) is 91.6 Å². The molecule has 4 unspecified atom stereocenters. The van der Waals surface area contributed by atoms with Crippen LogP contribution < -0.4 is 0 Å². The van der Waals surface area contributed by atoms with E-state index in [1.807, 2.05) is 27.7 Å². The Morgan fingerprint density at radius 1 is 0.815 bits per heavy atom. The molecule has 0 heterocycles. The molecule has 0 aromatic carbocycles. The van der Waals surface area contributed by atoms with Crippen LogP contribution in [0.25, 0.3) is 0 Å². The normalized spacial score (nSPS) is 16.1. The Bertz CT molecular complexity index is 417. The van der Waals surface area contributed by atoms with Gasteiger partial charge in [0, 0.05) is 0 Å². The first kappa shape index (κ1) is 25.8. The van der Waals surface area contributed by atoms with Crippen molar-refractivity contribution in [1.29, 1.82) is 0 Å². The molecule has 160 valence electrons. The summed E-state index contributed by atoms with van der Waals surface area (Å²) in [5.41, 5.74) is 0. The second-order valence-electron chi connectivity index (χ2n) is 7.01. The van der Waals surface area contributed by atoms with Crippen molar-refractivity contribution in [1.82, 2.24) is 0 Å². The zero-order valence-electron chi connectivity index (χ0n) is 17.6. The van der Waals surface area contributed by atoms with Gasteiger partial charge in [-0.25, -0.2) is 0 Å². The van der Waals surface area contributed by atoms with E-state index >= 15 is 0 Å². The molecule has 0 aromatic heterocycles. The fraction of sp³-hybridized carbons (Fsp3) is 0.900. The molecule has 0 aliphatic carbocycles. The lowest BCUT2D eigenvalue weighted by Gasteiger charge is -2.28. The molecular formula is C20H38O7. The van der Waals surface area contributed by atoms with E-state index < -0.39 is 30.4 Å². The second kappa shape index (κ2) is 13.9. The molecule has 4 atom stereocenters. The van der Waals surface area contributed by atoms with Crippen LogP contribution in [-0.4, -0.2) is 59.8 Å². The average Bonchev–Trinajstić information content (AvgIpc) is 2.64. The molecule has 0 radical (unpaired) electrons. The van der Waals surface area contributed by atoms with Gasteiger partial charge in [0.15, 0.2) is 6.10 Å². The Hall–Kier alpha value is -1.18. The van der Waals surface area contributed by atoms with Crippen molar-refractivity contribution in [2.24, 2.45) is 11.8 Å². The third-order valence-corrected chi connectivity index (χ3v) is 4.76. The molecule has 0 amide bonds. The van der Waals surface area contributed by atoms with E-state index in [2.05, 4.69) is 0 Å². The van der Waals surface area contributed by atoms with Crippen molar-refractivity contribution < 1.29 is 34.0 Å². The van der Waals surface area contributed by atoms with E-state index in [9.17, 15) is 19.8 Å². The third-order valence-electron chi connectivity index (χ3n) is 4.76. The number of rotatable bonds is 14. The highest BCUT2D eigenvalue weighted by Gasteiger charge is 2.31. The molecule has 7 heteroatoms. The highest BCUT2D eigenvalue weighted by molar-refractivity contribution is 5.72. The van der Waals surface area contributed by atoms with Crippen molar-refractivity contribution in [3.63, 3.8) is 0 Å². The lowest BCUT2D eigenvalue weighted by atomic mass is 10.0. The van der Waals surface area contributed by atoms with Crippen LogP contribution in [0.3, 0.4) is 0 Å². The van der Waals surface area contributed by atoms with E-state index in [0.717, 1.165) is 12.8 Å². The van der Waals surface area contributed by atoms with Crippen LogP contribution in [0.4, 0.5) is 0 Å². The molecule has 0 aromatic rings. The van der Waals surface area contributed by atoms with Gasteiger partial charge in [-0.1, -0.05) is 27.7 Å². The van der Waals surface area contributed by atoms with E-state index in [-0.39, 0.29) is 31.0 Å². The van der Waals surface area contributed by atoms with Crippen LogP contribution in [0.5, 0.6) is 0 Å². The molecule has 7 nitrogen and oxygen atoms in total. The predicted molar refractivity (Wildman–Crippen MR) is 102 cm³/mol. The Kier molecular flexibility index (Phi) is 13.3. The van der Waals surface area contributed by atoms with Gasteiger partial charge in [0.05, 0.1) is 30.7 Å². The second-order valence-corrected chi connectivity index (χ2v) is 7.01. The summed E-state index contributed by atoms with van der Waals surface area (Å²) in [6, 6.07) is 0. The zero-order valence-corrected chi connectivity index (χ0v) is 17.6. The zero-order chi connectivity index (χ0) is 21.0. The number of hydrogen-bond donors (Lipinski definition) is 2. The molecule has 0 fully saturated rings. The summed E-state index contributed by atoms with van der Waals surface area (Å²) in [5.74, 6) is -1.07. The van der Waals surface area contributed by atoms with Crippen LogP contribution in [-0.2, 0) is 23.8 Å². The molecule has 0 saturated carbocycles. The lowest BCUT2D eigenvalue weighted by Crippen LogP contribution is -2.44. The molecule has 0 bridgehead atoms. The quantitative estimate of drug-likeness (QED) is 0.439. The van der Waals surface area contributed by atoms with Crippen molar-refractivity contribution in [2.75, 3.05) is 13.2 Å². The number of ether oxygens (including phenoxy) is 3. The number of aliphatic hydroxyl groups is 2. The van der Waals surface area contributed by atoms with Crippen LogP contribution in [0.2, 0.25) is 0 Å². The Morgan fingerprint density at radius 3 is 1.74 bits per heavy atom. The smallest absolute Gasteiger partial charge is 0.309 e. The number of carbonyl (C=O) groups is 2. The van der Waals surface area contributed by atoms with Gasteiger partial charge in [-0.15, -0.1) is 0 Å². The van der Waals surface area contributed by atoms with Crippen molar-refractivity contribution >= 4 is 11.9 Å². The van der Waals surface area contributed by atoms with Crippen LogP contribution in [0.15, 0.2) is 0 Å². The fourth-order valence-electron chi connectivity index (χ4n) is 2.70. The number of esters is 2. The average molecular weight is 391 g/mol. The number of carbonyl (C=O) groups excluding carboxylic acids is 2. The predicted octanol–water partition coefficient (Wildman–Crippen LogP) is 2.46. The van der Waals surface area contributed by atoms with Gasteiger partial charge in [0.25, 0.3) is 0 Å². The summed E-state index contributed by atoms with van der Waals surface area (Å²) < 4.78 is 16.0. The van der Waals surface area contributed by atoms with Gasteiger partial charge in [-0.05, 0) is 39.5 Å². The highest BCUT2D eigenvalue weighted by atomic mass is 16.6. The molecule has 27 heavy (non-hydrogen) atoms. The third kappa shape index (κ3) is 9.53. The van der Waals surface area contributed by atoms with Gasteiger partial charge < -0.3 is 24.4 Å². The van der Waals surface area contributed by atoms with Crippen LogP contribution >= 0.6 is 0 Å². The fourth-order valence-corrected chi connectivity index (χ4v) is 2.70. The maximum Gasteiger partial charge on any atom is 0.309 e. The minimum Gasteiger partial charge on any atom is -0.463 e. The minimum absolute atomic E-state index is 0.0783. The number of hydrogen-bond acceptors (Lipinski definition) is 7. The maximum atomic E-state index is 12.1. The summed E-state index contributed by atoms with van der Waals surface area (Å²) in [4.78, 5) is 24.0. The van der Waals surface area contributed by atoms with E-state index in [0.29, 0.717) is 12.8 Å². The van der Waals surface area contributed by atoms with Gasteiger partial charge in [-0.3, -0.25) is 9.59 Å². The summed E-state index contributed by atoms with van der Waals surface area (Å²) >= 11 is 0. The molecule has 0 aliphatic heterocycles. The van der Waals surface area contributed by atoms with Crippen LogP contribution in [0.1, 0.15) is 67.2 Å². The first-order chi connectivity index (χ1) is 12.7. The minimum atomic E-state index is -1.18. The van der Waals surface area contributed by atoms with E-state index in [4.69, 9.17) is 14.2 Å². The first-order valence-electron chi connectivity index (χ1n) is 10.1. The molecule has 2 N–H and O–H groups in total. The summed E-state index contributed by atoms with van der Waals surface area (Å²) in [6.45, 7) is 10.8. The Labute approximate surface area is 163 Å². The lowest BCUT2D eigenvalue weighted by molar-refractivity contribution is -0.175. The summed E-state index contributed by atoms with van der Waals surface area (Å²) in [7, 11) is 0. The standard InChI is InChI=1S/C20H38O7/c1-7-15(8-2)19(23)26-11-13(5)25-12-17(22)18(14(6)21)27-20(24)16(9-3)10-4/h13-18,21-22H,7-12H2,1-6H3. The first-order valence-corrected chi connectivity index (χ1v) is 10.1. The largest absolute Gasteiger partial charge is 0.463 e. The molecular weight excluding hydrogens is 352 g/mol. The van der Waals surface area contributed by atoms with Gasteiger partial charge in [0.2, 0.25) is 0 Å². The molecule has 0 aliphatic rings. The summed E-state index contributed by atoms with van der Waals surface area (Å²) in [6.07, 6.45) is -1.01. The SMILES string of the molecule is CCC(CC)C(=O)OCC(C)OCC(O)C(OC(=O)C(CC)CC)C(C)O. The number of aliphatic hydroxyl groups excluding tert-OH is 2. The Morgan fingerprint density at radius 2 is 1.30 bits per heavy atom. The van der Waals surface area contributed by atoms with Crippen LogP contribution in [0, 0.1) is 11.8 Å². The van der Waals surface area contributed by atoms with E-state index in [1.165, 1.54) is 6.92 Å². The van der Waals surface area contributed by atoms with Gasteiger partial charge in [0.1, 0.15) is 12.7 Å². The van der Waals surface area contributed by atoms with Crippen molar-refractivity contribution in [3.05, 3.63) is 0 Å². The monoisotopic (exact) mass is 390 g/mol. The summed E-state index contributed by atoms with van der Waals surface area (Å²) in [5, 5.41) is 20.1. The molecule has 0 rings (SSSR count). The van der Waals surface area contributed by atoms with Crippen molar-refractivity contribution in [3.8, 4) is 0 Å². The maximum absolute atomic E-state index is 12.1. The van der Waals surface area contributed by atoms with Gasteiger partial charge >= 0.3 is 11.9 Å². The Balaban J connectivity index is 4.50. The highest BCUT2D eigenvalue weighted by Crippen LogP contribution is 2.15. The van der Waals surface area contributed by atoms with E-state index in [1.54, 1.807) is 6.92 Å². The molecule has 0 spiro atoms.